The van der Waals surface area contributed by atoms with Gasteiger partial charge in [0.05, 0.1) is 22.9 Å². The molecule has 0 amide bonds. The minimum absolute atomic E-state index is 0.107. The molecule has 130 valence electrons. The molecule has 0 radical (unpaired) electrons. The number of phenols is 1. The molecular weight excluding hydrogens is 368 g/mol. The van der Waals surface area contributed by atoms with Crippen molar-refractivity contribution in [3.05, 3.63) is 63.4 Å². The predicted molar refractivity (Wildman–Crippen MR) is 105 cm³/mol. The van der Waals surface area contributed by atoms with Crippen LogP contribution in [0.25, 0.3) is 22.9 Å². The SMILES string of the molecule is CCOc1cc(/C=C(/C#N)c2nc(-c3ccccc3)cs2)cc(Cl)c1O. The maximum absolute atomic E-state index is 9.94. The lowest BCUT2D eigenvalue weighted by Gasteiger charge is -2.08. The van der Waals surface area contributed by atoms with Gasteiger partial charge in [0.2, 0.25) is 0 Å². The van der Waals surface area contributed by atoms with Crippen LogP contribution in [0.3, 0.4) is 0 Å². The third-order valence-corrected chi connectivity index (χ3v) is 4.75. The maximum atomic E-state index is 9.94. The first-order valence-corrected chi connectivity index (χ1v) is 9.16. The van der Waals surface area contributed by atoms with Gasteiger partial charge >= 0.3 is 0 Å². The summed E-state index contributed by atoms with van der Waals surface area (Å²) < 4.78 is 5.38. The first-order valence-electron chi connectivity index (χ1n) is 7.90. The van der Waals surface area contributed by atoms with Crippen molar-refractivity contribution in [2.75, 3.05) is 6.61 Å². The highest BCUT2D eigenvalue weighted by atomic mass is 35.5. The van der Waals surface area contributed by atoms with E-state index in [1.165, 1.54) is 11.3 Å². The van der Waals surface area contributed by atoms with Crippen molar-refractivity contribution in [2.45, 2.75) is 6.92 Å². The van der Waals surface area contributed by atoms with Gasteiger partial charge in [-0.15, -0.1) is 11.3 Å². The van der Waals surface area contributed by atoms with Gasteiger partial charge in [0.25, 0.3) is 0 Å². The molecule has 0 unspecified atom stereocenters. The normalized spacial score (nSPS) is 11.2. The molecule has 1 aromatic heterocycles. The molecule has 0 aliphatic rings. The summed E-state index contributed by atoms with van der Waals surface area (Å²) in [6.07, 6.45) is 1.68. The summed E-state index contributed by atoms with van der Waals surface area (Å²) >= 11 is 7.46. The summed E-state index contributed by atoms with van der Waals surface area (Å²) in [5, 5.41) is 22.2. The van der Waals surface area contributed by atoms with Crippen LogP contribution in [0, 0.1) is 11.3 Å². The van der Waals surface area contributed by atoms with Crippen molar-refractivity contribution < 1.29 is 9.84 Å². The number of phenolic OH excluding ortho intramolecular Hbond substituents is 1. The van der Waals surface area contributed by atoms with Crippen molar-refractivity contribution in [1.29, 1.82) is 5.26 Å². The van der Waals surface area contributed by atoms with Crippen LogP contribution in [0.1, 0.15) is 17.5 Å². The monoisotopic (exact) mass is 382 g/mol. The lowest BCUT2D eigenvalue weighted by atomic mass is 10.1. The van der Waals surface area contributed by atoms with E-state index in [0.717, 1.165) is 11.3 Å². The number of ether oxygens (including phenoxy) is 1. The molecule has 3 aromatic rings. The van der Waals surface area contributed by atoms with Gasteiger partial charge in [-0.3, -0.25) is 0 Å². The second-order valence-electron chi connectivity index (χ2n) is 5.36. The summed E-state index contributed by atoms with van der Waals surface area (Å²) in [7, 11) is 0. The number of hydrogen-bond donors (Lipinski definition) is 1. The van der Waals surface area contributed by atoms with Gasteiger partial charge in [-0.1, -0.05) is 41.9 Å². The van der Waals surface area contributed by atoms with E-state index in [1.54, 1.807) is 18.2 Å². The average molecular weight is 383 g/mol. The standard InChI is InChI=1S/C20H15ClN2O2S/c1-2-25-18-10-13(9-16(21)19(18)24)8-15(11-22)20-23-17(12-26-20)14-6-4-3-5-7-14/h3-10,12,24H,2H2,1H3/b15-8-. The fourth-order valence-corrected chi connectivity index (χ4v) is 3.40. The topological polar surface area (TPSA) is 66.1 Å². The van der Waals surface area contributed by atoms with E-state index in [0.29, 0.717) is 22.8 Å². The van der Waals surface area contributed by atoms with E-state index in [1.807, 2.05) is 42.6 Å². The van der Waals surface area contributed by atoms with Gasteiger partial charge in [-0.05, 0) is 30.7 Å². The Labute approximate surface area is 160 Å². The molecule has 0 saturated carbocycles. The highest BCUT2D eigenvalue weighted by Crippen LogP contribution is 2.36. The number of nitriles is 1. The molecular formula is C20H15ClN2O2S. The molecule has 6 heteroatoms. The van der Waals surface area contributed by atoms with Gasteiger partial charge in [0.1, 0.15) is 11.1 Å². The van der Waals surface area contributed by atoms with Crippen LogP contribution in [-0.2, 0) is 0 Å². The van der Waals surface area contributed by atoms with Gasteiger partial charge in [-0.25, -0.2) is 4.98 Å². The molecule has 0 fully saturated rings. The molecule has 4 nitrogen and oxygen atoms in total. The Morgan fingerprint density at radius 3 is 2.81 bits per heavy atom. The van der Waals surface area contributed by atoms with Crippen molar-refractivity contribution in [2.24, 2.45) is 0 Å². The highest BCUT2D eigenvalue weighted by molar-refractivity contribution is 7.11. The number of aromatic nitrogens is 1. The van der Waals surface area contributed by atoms with Crippen LogP contribution in [0.4, 0.5) is 0 Å². The zero-order valence-corrected chi connectivity index (χ0v) is 15.5. The van der Waals surface area contributed by atoms with Gasteiger partial charge in [0.15, 0.2) is 11.5 Å². The number of thiazole rings is 1. The van der Waals surface area contributed by atoms with E-state index in [-0.39, 0.29) is 16.5 Å². The summed E-state index contributed by atoms with van der Waals surface area (Å²) in [6.45, 7) is 2.21. The fourth-order valence-electron chi connectivity index (χ4n) is 2.39. The van der Waals surface area contributed by atoms with Crippen LogP contribution < -0.4 is 4.74 Å². The first kappa shape index (κ1) is 18.0. The minimum atomic E-state index is -0.107. The zero-order valence-electron chi connectivity index (χ0n) is 13.9. The van der Waals surface area contributed by atoms with Crippen molar-refractivity contribution in [3.63, 3.8) is 0 Å². The Bertz CT molecular complexity index is 991. The lowest BCUT2D eigenvalue weighted by Crippen LogP contribution is -1.93. The molecule has 0 atom stereocenters. The smallest absolute Gasteiger partial charge is 0.176 e. The molecule has 0 spiro atoms. The van der Waals surface area contributed by atoms with Crippen LogP contribution in [-0.4, -0.2) is 16.7 Å². The van der Waals surface area contributed by atoms with E-state index >= 15 is 0 Å². The van der Waals surface area contributed by atoms with Crippen molar-refractivity contribution >= 4 is 34.6 Å². The Morgan fingerprint density at radius 1 is 1.35 bits per heavy atom. The Hall–Kier alpha value is -2.81. The van der Waals surface area contributed by atoms with Gasteiger partial charge in [-0.2, -0.15) is 5.26 Å². The molecule has 0 aliphatic heterocycles. The quantitative estimate of drug-likeness (QED) is 0.580. The predicted octanol–water partition coefficient (Wildman–Crippen LogP) is 5.63. The molecule has 26 heavy (non-hydrogen) atoms. The third-order valence-electron chi connectivity index (χ3n) is 3.59. The molecule has 2 aromatic carbocycles. The van der Waals surface area contributed by atoms with E-state index in [9.17, 15) is 10.4 Å². The van der Waals surface area contributed by atoms with Gasteiger partial charge < -0.3 is 9.84 Å². The van der Waals surface area contributed by atoms with Crippen LogP contribution in [0.2, 0.25) is 5.02 Å². The Kier molecular flexibility index (Phi) is 5.57. The number of hydrogen-bond acceptors (Lipinski definition) is 5. The average Bonchev–Trinajstić information content (AvgIpc) is 3.14. The van der Waals surface area contributed by atoms with E-state index in [4.69, 9.17) is 16.3 Å². The number of nitrogens with zero attached hydrogens (tertiary/aromatic N) is 2. The van der Waals surface area contributed by atoms with Crippen molar-refractivity contribution in [3.8, 4) is 28.8 Å². The third kappa shape index (κ3) is 3.88. The fraction of sp³-hybridized carbons (Fsp3) is 0.100. The number of aromatic hydroxyl groups is 1. The molecule has 0 saturated heterocycles. The molecule has 1 heterocycles. The van der Waals surface area contributed by atoms with Crippen LogP contribution in [0.15, 0.2) is 47.8 Å². The Balaban J connectivity index is 1.97. The number of rotatable bonds is 5. The van der Waals surface area contributed by atoms with Crippen LogP contribution >= 0.6 is 22.9 Å². The van der Waals surface area contributed by atoms with Crippen molar-refractivity contribution in [1.82, 2.24) is 4.98 Å². The molecule has 0 aliphatic carbocycles. The number of allylic oxidation sites excluding steroid dienone is 1. The number of benzene rings is 2. The van der Waals surface area contributed by atoms with E-state index in [2.05, 4.69) is 11.1 Å². The largest absolute Gasteiger partial charge is 0.503 e. The van der Waals surface area contributed by atoms with E-state index < -0.39 is 0 Å². The maximum Gasteiger partial charge on any atom is 0.176 e. The van der Waals surface area contributed by atoms with Crippen LogP contribution in [0.5, 0.6) is 11.5 Å². The number of halogens is 1. The minimum Gasteiger partial charge on any atom is -0.503 e. The molecule has 1 N–H and O–H groups in total. The summed E-state index contributed by atoms with van der Waals surface area (Å²) in [5.41, 5.74) is 2.90. The molecule has 3 rings (SSSR count). The second kappa shape index (κ2) is 8.05. The zero-order chi connectivity index (χ0) is 18.5. The Morgan fingerprint density at radius 2 is 2.12 bits per heavy atom. The first-order chi connectivity index (χ1) is 12.6. The second-order valence-corrected chi connectivity index (χ2v) is 6.62. The summed E-state index contributed by atoms with van der Waals surface area (Å²) in [5.74, 6) is 0.178. The summed E-state index contributed by atoms with van der Waals surface area (Å²) in [4.78, 5) is 4.56. The lowest BCUT2D eigenvalue weighted by molar-refractivity contribution is 0.318. The van der Waals surface area contributed by atoms with Gasteiger partial charge in [0, 0.05) is 10.9 Å². The summed E-state index contributed by atoms with van der Waals surface area (Å²) in [6, 6.07) is 15.2. The molecule has 0 bridgehead atoms. The highest BCUT2D eigenvalue weighted by Gasteiger charge is 2.12.